The quantitative estimate of drug-likeness (QED) is 0.772. The van der Waals surface area contributed by atoms with E-state index in [1.807, 2.05) is 56.3 Å². The van der Waals surface area contributed by atoms with Gasteiger partial charge in [0, 0.05) is 20.0 Å². The van der Waals surface area contributed by atoms with Crippen LogP contribution in [0.15, 0.2) is 54.6 Å². The summed E-state index contributed by atoms with van der Waals surface area (Å²) >= 11 is 0. The Balaban J connectivity index is 2.29. The first-order valence-electron chi connectivity index (χ1n) is 8.44. The maximum Gasteiger partial charge on any atom is 0.242 e. The van der Waals surface area contributed by atoms with E-state index in [1.54, 1.807) is 17.0 Å². The van der Waals surface area contributed by atoms with E-state index in [4.69, 9.17) is 4.74 Å². The summed E-state index contributed by atoms with van der Waals surface area (Å²) in [6, 6.07) is 16.6. The summed E-state index contributed by atoms with van der Waals surface area (Å²) in [5.41, 5.74) is 0.583. The van der Waals surface area contributed by atoms with Gasteiger partial charge in [-0.2, -0.15) is 0 Å². The van der Waals surface area contributed by atoms with Gasteiger partial charge < -0.3 is 9.64 Å². The minimum absolute atomic E-state index is 0.00776. The van der Waals surface area contributed by atoms with Crippen molar-refractivity contribution in [1.82, 2.24) is 4.90 Å². The van der Waals surface area contributed by atoms with E-state index in [0.717, 1.165) is 0 Å². The third-order valence-electron chi connectivity index (χ3n) is 3.92. The molecule has 2 rings (SSSR count). The highest BCUT2D eigenvalue weighted by molar-refractivity contribution is 5.98. The van der Waals surface area contributed by atoms with Crippen LogP contribution in [0, 0.1) is 0 Å². The van der Waals surface area contributed by atoms with Crippen molar-refractivity contribution in [2.24, 2.45) is 0 Å². The Morgan fingerprint density at radius 2 is 1.52 bits per heavy atom. The standard InChI is InChI=1S/C20H24N2O3/c1-4-21(5-2)20(24)15-22(16(3)23)18-13-9-10-14-19(18)25-17-11-7-6-8-12-17/h6-14H,4-5,15H2,1-3H3. The molecule has 2 amide bonds. The van der Waals surface area contributed by atoms with Crippen molar-refractivity contribution in [1.29, 1.82) is 0 Å². The van der Waals surface area contributed by atoms with Crippen LogP contribution in [0.5, 0.6) is 11.5 Å². The molecule has 0 aliphatic carbocycles. The fourth-order valence-corrected chi connectivity index (χ4v) is 2.56. The van der Waals surface area contributed by atoms with Crippen LogP contribution >= 0.6 is 0 Å². The monoisotopic (exact) mass is 340 g/mol. The molecule has 0 spiro atoms. The molecule has 0 radical (unpaired) electrons. The summed E-state index contributed by atoms with van der Waals surface area (Å²) in [6.07, 6.45) is 0. The number of hydrogen-bond donors (Lipinski definition) is 0. The molecule has 5 nitrogen and oxygen atoms in total. The summed E-state index contributed by atoms with van der Waals surface area (Å²) in [4.78, 5) is 27.8. The van der Waals surface area contributed by atoms with Gasteiger partial charge in [-0.1, -0.05) is 30.3 Å². The average molecular weight is 340 g/mol. The van der Waals surface area contributed by atoms with E-state index < -0.39 is 0 Å². The van der Waals surface area contributed by atoms with Gasteiger partial charge in [0.2, 0.25) is 11.8 Å². The number of carbonyl (C=O) groups excluding carboxylic acids is 2. The minimum Gasteiger partial charge on any atom is -0.455 e. The van der Waals surface area contributed by atoms with E-state index in [9.17, 15) is 9.59 Å². The molecule has 0 heterocycles. The number of rotatable bonds is 7. The number of ether oxygens (including phenoxy) is 1. The fourth-order valence-electron chi connectivity index (χ4n) is 2.56. The molecule has 0 saturated heterocycles. The van der Waals surface area contributed by atoms with Crippen molar-refractivity contribution in [3.05, 3.63) is 54.6 Å². The lowest BCUT2D eigenvalue weighted by molar-refractivity contribution is -0.130. The second-order valence-corrected chi connectivity index (χ2v) is 5.55. The van der Waals surface area contributed by atoms with Crippen LogP contribution < -0.4 is 9.64 Å². The third kappa shape index (κ3) is 4.83. The van der Waals surface area contributed by atoms with Gasteiger partial charge in [0.1, 0.15) is 12.3 Å². The van der Waals surface area contributed by atoms with Crippen molar-refractivity contribution in [3.63, 3.8) is 0 Å². The number of carbonyl (C=O) groups is 2. The molecule has 0 N–H and O–H groups in total. The summed E-state index contributed by atoms with van der Waals surface area (Å²) in [5.74, 6) is 0.920. The lowest BCUT2D eigenvalue weighted by Gasteiger charge is -2.26. The number of anilines is 1. The molecule has 132 valence electrons. The van der Waals surface area contributed by atoms with Crippen LogP contribution in [0.4, 0.5) is 5.69 Å². The smallest absolute Gasteiger partial charge is 0.242 e. The van der Waals surface area contributed by atoms with Crippen molar-refractivity contribution < 1.29 is 14.3 Å². The van der Waals surface area contributed by atoms with Crippen LogP contribution in [0.1, 0.15) is 20.8 Å². The van der Waals surface area contributed by atoms with E-state index in [2.05, 4.69) is 0 Å². The van der Waals surface area contributed by atoms with Gasteiger partial charge in [-0.15, -0.1) is 0 Å². The van der Waals surface area contributed by atoms with Crippen molar-refractivity contribution in [3.8, 4) is 11.5 Å². The summed E-state index contributed by atoms with van der Waals surface area (Å²) < 4.78 is 5.92. The highest BCUT2D eigenvalue weighted by Crippen LogP contribution is 2.32. The lowest BCUT2D eigenvalue weighted by atomic mass is 10.2. The molecule has 2 aromatic rings. The number of hydrogen-bond acceptors (Lipinski definition) is 3. The van der Waals surface area contributed by atoms with E-state index in [1.165, 1.54) is 11.8 Å². The van der Waals surface area contributed by atoms with Crippen LogP contribution in [-0.2, 0) is 9.59 Å². The molecule has 0 bridgehead atoms. The Hall–Kier alpha value is -2.82. The van der Waals surface area contributed by atoms with Gasteiger partial charge in [0.25, 0.3) is 0 Å². The van der Waals surface area contributed by atoms with Crippen LogP contribution in [-0.4, -0.2) is 36.3 Å². The molecular weight excluding hydrogens is 316 g/mol. The highest BCUT2D eigenvalue weighted by atomic mass is 16.5. The molecule has 0 atom stereocenters. The molecular formula is C20H24N2O3. The third-order valence-corrected chi connectivity index (χ3v) is 3.92. The fraction of sp³-hybridized carbons (Fsp3) is 0.300. The Morgan fingerprint density at radius 1 is 0.920 bits per heavy atom. The van der Waals surface area contributed by atoms with Crippen LogP contribution in [0.25, 0.3) is 0 Å². The summed E-state index contributed by atoms with van der Waals surface area (Å²) in [5, 5.41) is 0. The van der Waals surface area contributed by atoms with Crippen molar-refractivity contribution >= 4 is 17.5 Å². The normalized spacial score (nSPS) is 10.2. The van der Waals surface area contributed by atoms with Gasteiger partial charge in [-0.05, 0) is 38.1 Å². The average Bonchev–Trinajstić information content (AvgIpc) is 2.62. The Morgan fingerprint density at radius 3 is 2.12 bits per heavy atom. The SMILES string of the molecule is CCN(CC)C(=O)CN(C(C)=O)c1ccccc1Oc1ccccc1. The maximum absolute atomic E-state index is 12.5. The molecule has 2 aromatic carbocycles. The van der Waals surface area contributed by atoms with Gasteiger partial charge in [-0.25, -0.2) is 0 Å². The van der Waals surface area contributed by atoms with Gasteiger partial charge in [-0.3, -0.25) is 14.5 Å². The number of likely N-dealkylation sites (N-methyl/N-ethyl adjacent to an activating group) is 1. The predicted octanol–water partition coefficient (Wildman–Crippen LogP) is 3.70. The zero-order valence-electron chi connectivity index (χ0n) is 14.9. The maximum atomic E-state index is 12.5. The molecule has 0 unspecified atom stereocenters. The first-order valence-corrected chi connectivity index (χ1v) is 8.44. The molecule has 0 saturated carbocycles. The largest absolute Gasteiger partial charge is 0.455 e. The second kappa shape index (κ2) is 8.87. The molecule has 0 fully saturated rings. The van der Waals surface area contributed by atoms with E-state index >= 15 is 0 Å². The summed E-state index contributed by atoms with van der Waals surface area (Å²) in [6.45, 7) is 6.52. The Kier molecular flexibility index (Phi) is 6.57. The molecule has 0 aliphatic heterocycles. The topological polar surface area (TPSA) is 49.9 Å². The first kappa shape index (κ1) is 18.5. The van der Waals surface area contributed by atoms with Crippen molar-refractivity contribution in [2.75, 3.05) is 24.5 Å². The number of benzene rings is 2. The molecule has 0 aliphatic rings. The van der Waals surface area contributed by atoms with Crippen LogP contribution in [0.2, 0.25) is 0 Å². The molecule has 25 heavy (non-hydrogen) atoms. The zero-order valence-corrected chi connectivity index (χ0v) is 14.9. The minimum atomic E-state index is -0.204. The van der Waals surface area contributed by atoms with Gasteiger partial charge >= 0.3 is 0 Å². The van der Waals surface area contributed by atoms with E-state index in [-0.39, 0.29) is 18.4 Å². The first-order chi connectivity index (χ1) is 12.1. The molecule has 5 heteroatoms. The molecule has 0 aromatic heterocycles. The lowest BCUT2D eigenvalue weighted by Crippen LogP contribution is -2.42. The Labute approximate surface area is 148 Å². The number of amides is 2. The predicted molar refractivity (Wildman–Crippen MR) is 98.9 cm³/mol. The number of nitrogens with zero attached hydrogens (tertiary/aromatic N) is 2. The Bertz CT molecular complexity index is 712. The summed E-state index contributed by atoms with van der Waals surface area (Å²) in [7, 11) is 0. The van der Waals surface area contributed by atoms with Crippen molar-refractivity contribution in [2.45, 2.75) is 20.8 Å². The van der Waals surface area contributed by atoms with E-state index in [0.29, 0.717) is 30.3 Å². The van der Waals surface area contributed by atoms with Crippen LogP contribution in [0.3, 0.4) is 0 Å². The van der Waals surface area contributed by atoms with Gasteiger partial charge in [0.15, 0.2) is 5.75 Å². The second-order valence-electron chi connectivity index (χ2n) is 5.55. The zero-order chi connectivity index (χ0) is 18.2. The van der Waals surface area contributed by atoms with Gasteiger partial charge in [0.05, 0.1) is 5.69 Å². The highest BCUT2D eigenvalue weighted by Gasteiger charge is 2.21. The number of para-hydroxylation sites is 3.